The molecule has 0 amide bonds. The molecule has 0 radical (unpaired) electrons. The minimum atomic E-state index is 0.139. The summed E-state index contributed by atoms with van der Waals surface area (Å²) in [5.41, 5.74) is 2.70. The van der Waals surface area contributed by atoms with Gasteiger partial charge in [-0.2, -0.15) is 0 Å². The summed E-state index contributed by atoms with van der Waals surface area (Å²) in [5, 5.41) is 9.96. The van der Waals surface area contributed by atoms with Crippen molar-refractivity contribution in [2.75, 3.05) is 25.0 Å². The number of hydrogen-bond donors (Lipinski definition) is 1. The van der Waals surface area contributed by atoms with E-state index in [1.165, 1.54) is 43.6 Å². The minimum Gasteiger partial charge on any atom is -0.508 e. The number of hydrogen-bond acceptors (Lipinski definition) is 3. The molecule has 2 fully saturated rings. The van der Waals surface area contributed by atoms with Crippen LogP contribution in [0, 0.1) is 5.92 Å². The predicted molar refractivity (Wildman–Crippen MR) is 84.3 cm³/mol. The first-order valence-corrected chi connectivity index (χ1v) is 8.30. The van der Waals surface area contributed by atoms with Gasteiger partial charge in [0.2, 0.25) is 0 Å². The lowest BCUT2D eigenvalue weighted by Gasteiger charge is -2.35. The molecule has 0 bridgehead atoms. The highest BCUT2D eigenvalue weighted by Gasteiger charge is 2.54. The Morgan fingerprint density at radius 1 is 1.40 bits per heavy atom. The van der Waals surface area contributed by atoms with Crippen LogP contribution in [0.2, 0.25) is 0 Å². The highest BCUT2D eigenvalue weighted by molar-refractivity contribution is 9.10. The Bertz CT molecular complexity index is 572. The van der Waals surface area contributed by atoms with Gasteiger partial charge in [-0.15, -0.1) is 0 Å². The summed E-state index contributed by atoms with van der Waals surface area (Å²) in [4.78, 5) is 5.06. The third kappa shape index (κ3) is 1.67. The van der Waals surface area contributed by atoms with Crippen LogP contribution in [-0.2, 0) is 5.41 Å². The summed E-state index contributed by atoms with van der Waals surface area (Å²) in [6.45, 7) is 4.77. The summed E-state index contributed by atoms with van der Waals surface area (Å²) in [7, 11) is 2.20. The second kappa shape index (κ2) is 4.14. The molecule has 1 N–H and O–H groups in total. The van der Waals surface area contributed by atoms with Crippen molar-refractivity contribution in [1.82, 2.24) is 4.90 Å². The maximum atomic E-state index is 9.96. The first-order chi connectivity index (χ1) is 9.50. The van der Waals surface area contributed by atoms with Crippen LogP contribution in [0.25, 0.3) is 0 Å². The second-order valence-corrected chi connectivity index (χ2v) is 7.77. The van der Waals surface area contributed by atoms with Gasteiger partial charge in [-0.05, 0) is 58.8 Å². The maximum absolute atomic E-state index is 9.96. The van der Waals surface area contributed by atoms with Gasteiger partial charge in [0.05, 0.1) is 11.9 Å². The molecule has 2 aliphatic heterocycles. The fourth-order valence-corrected chi connectivity index (χ4v) is 5.03. The summed E-state index contributed by atoms with van der Waals surface area (Å²) in [5.74, 6) is 1.29. The van der Waals surface area contributed by atoms with Gasteiger partial charge in [0.25, 0.3) is 0 Å². The van der Waals surface area contributed by atoms with E-state index in [0.29, 0.717) is 11.9 Å². The SMILES string of the molecule is CN1c2c(Br)cc(O)cc2[C@]2(C)CCN(CC3CC3)C12. The average molecular weight is 337 g/mol. The Kier molecular flexibility index (Phi) is 2.68. The van der Waals surface area contributed by atoms with E-state index in [9.17, 15) is 5.11 Å². The molecule has 2 atom stereocenters. The number of halogens is 1. The van der Waals surface area contributed by atoms with Crippen molar-refractivity contribution in [3.8, 4) is 5.75 Å². The Balaban J connectivity index is 1.78. The molecule has 1 aliphatic carbocycles. The summed E-state index contributed by atoms with van der Waals surface area (Å²) >= 11 is 3.63. The van der Waals surface area contributed by atoms with Crippen LogP contribution in [-0.4, -0.2) is 36.3 Å². The van der Waals surface area contributed by atoms with E-state index in [1.807, 2.05) is 12.1 Å². The number of phenolic OH excluding ortho intramolecular Hbond substituents is 1. The van der Waals surface area contributed by atoms with E-state index in [1.54, 1.807) is 0 Å². The van der Waals surface area contributed by atoms with Crippen molar-refractivity contribution in [1.29, 1.82) is 0 Å². The molecule has 1 saturated heterocycles. The molecular weight excluding hydrogens is 316 g/mol. The third-order valence-electron chi connectivity index (χ3n) is 5.41. The Hall–Kier alpha value is -0.740. The molecule has 3 nitrogen and oxygen atoms in total. The minimum absolute atomic E-state index is 0.139. The quantitative estimate of drug-likeness (QED) is 0.897. The van der Waals surface area contributed by atoms with Crippen LogP contribution >= 0.6 is 15.9 Å². The first kappa shape index (κ1) is 13.0. The largest absolute Gasteiger partial charge is 0.508 e. The van der Waals surface area contributed by atoms with Crippen molar-refractivity contribution in [2.45, 2.75) is 37.8 Å². The van der Waals surface area contributed by atoms with E-state index >= 15 is 0 Å². The van der Waals surface area contributed by atoms with Crippen molar-refractivity contribution < 1.29 is 5.11 Å². The molecule has 108 valence electrons. The fraction of sp³-hybridized carbons (Fsp3) is 0.625. The number of nitrogens with zero attached hydrogens (tertiary/aromatic N) is 2. The van der Waals surface area contributed by atoms with Crippen LogP contribution in [0.5, 0.6) is 5.75 Å². The monoisotopic (exact) mass is 336 g/mol. The molecular formula is C16H21BrN2O. The highest BCUT2D eigenvalue weighted by atomic mass is 79.9. The molecule has 4 heteroatoms. The molecule has 0 spiro atoms. The summed E-state index contributed by atoms with van der Waals surface area (Å²) in [6.07, 6.45) is 4.43. The molecule has 2 heterocycles. The van der Waals surface area contributed by atoms with Crippen molar-refractivity contribution in [2.24, 2.45) is 5.92 Å². The smallest absolute Gasteiger partial charge is 0.117 e. The van der Waals surface area contributed by atoms with Crippen molar-refractivity contribution in [3.05, 3.63) is 22.2 Å². The van der Waals surface area contributed by atoms with Crippen LogP contribution in [0.1, 0.15) is 31.7 Å². The first-order valence-electron chi connectivity index (χ1n) is 7.50. The molecule has 1 aromatic carbocycles. The third-order valence-corrected chi connectivity index (χ3v) is 6.01. The predicted octanol–water partition coefficient (Wildman–Crippen LogP) is 3.30. The molecule has 1 aromatic rings. The van der Waals surface area contributed by atoms with Crippen LogP contribution in [0.3, 0.4) is 0 Å². The fourth-order valence-electron chi connectivity index (χ4n) is 4.30. The molecule has 1 unspecified atom stereocenters. The van der Waals surface area contributed by atoms with E-state index in [4.69, 9.17) is 0 Å². The van der Waals surface area contributed by atoms with Gasteiger partial charge in [0.15, 0.2) is 0 Å². The number of benzene rings is 1. The van der Waals surface area contributed by atoms with Gasteiger partial charge >= 0.3 is 0 Å². The standard InChI is InChI=1S/C16H21BrN2O/c1-16-5-6-19(9-10-3-4-10)15(16)18(2)14-12(16)7-11(20)8-13(14)17/h7-8,10,15,20H,3-6,9H2,1-2H3/t15?,16-/m0/s1. The zero-order valence-electron chi connectivity index (χ0n) is 12.1. The Labute approximate surface area is 128 Å². The van der Waals surface area contributed by atoms with Gasteiger partial charge < -0.3 is 10.0 Å². The number of rotatable bonds is 2. The second-order valence-electron chi connectivity index (χ2n) is 6.91. The lowest BCUT2D eigenvalue weighted by atomic mass is 9.81. The van der Waals surface area contributed by atoms with E-state index in [-0.39, 0.29) is 5.41 Å². The lowest BCUT2D eigenvalue weighted by molar-refractivity contribution is 0.215. The van der Waals surface area contributed by atoms with E-state index < -0.39 is 0 Å². The average Bonchev–Trinajstić information content (AvgIpc) is 3.07. The summed E-state index contributed by atoms with van der Waals surface area (Å²) < 4.78 is 1.01. The lowest BCUT2D eigenvalue weighted by Crippen LogP contribution is -2.47. The van der Waals surface area contributed by atoms with Crippen molar-refractivity contribution >= 4 is 21.6 Å². The molecule has 1 saturated carbocycles. The van der Waals surface area contributed by atoms with Gasteiger partial charge in [0, 0.05) is 30.0 Å². The number of likely N-dealkylation sites (tertiary alicyclic amines) is 1. The normalized spacial score (nSPS) is 32.5. The van der Waals surface area contributed by atoms with Gasteiger partial charge in [0.1, 0.15) is 5.75 Å². The highest BCUT2D eigenvalue weighted by Crippen LogP contribution is 2.55. The van der Waals surface area contributed by atoms with E-state index in [2.05, 4.69) is 39.7 Å². The number of anilines is 1. The Morgan fingerprint density at radius 3 is 2.85 bits per heavy atom. The van der Waals surface area contributed by atoms with Gasteiger partial charge in [-0.3, -0.25) is 4.90 Å². The maximum Gasteiger partial charge on any atom is 0.117 e. The van der Waals surface area contributed by atoms with Crippen LogP contribution in [0.15, 0.2) is 16.6 Å². The molecule has 0 aromatic heterocycles. The van der Waals surface area contributed by atoms with Crippen molar-refractivity contribution in [3.63, 3.8) is 0 Å². The van der Waals surface area contributed by atoms with Gasteiger partial charge in [-0.25, -0.2) is 0 Å². The zero-order chi connectivity index (χ0) is 14.1. The molecule has 20 heavy (non-hydrogen) atoms. The zero-order valence-corrected chi connectivity index (χ0v) is 13.7. The number of likely N-dealkylation sites (N-methyl/N-ethyl adjacent to an activating group) is 1. The van der Waals surface area contributed by atoms with E-state index in [0.717, 1.165) is 10.4 Å². The molecule has 3 aliphatic rings. The topological polar surface area (TPSA) is 26.7 Å². The number of fused-ring (bicyclic) bond motifs is 3. The van der Waals surface area contributed by atoms with Crippen LogP contribution in [0.4, 0.5) is 5.69 Å². The number of aromatic hydroxyl groups is 1. The van der Waals surface area contributed by atoms with Gasteiger partial charge in [-0.1, -0.05) is 6.92 Å². The number of phenols is 1. The van der Waals surface area contributed by atoms with Crippen LogP contribution < -0.4 is 4.90 Å². The molecule has 4 rings (SSSR count). The summed E-state index contributed by atoms with van der Waals surface area (Å²) in [6, 6.07) is 3.78. The Morgan fingerprint density at radius 2 is 2.15 bits per heavy atom.